The zero-order valence-electron chi connectivity index (χ0n) is 10.2. The van der Waals surface area contributed by atoms with E-state index < -0.39 is 6.10 Å². The molecule has 0 aliphatic rings. The van der Waals surface area contributed by atoms with Crippen LogP contribution in [-0.2, 0) is 7.05 Å². The third-order valence-electron chi connectivity index (χ3n) is 3.08. The average Bonchev–Trinajstić information content (AvgIpc) is 2.93. The molecule has 0 fully saturated rings. The lowest BCUT2D eigenvalue weighted by Gasteiger charge is -2.06. The molecule has 0 saturated heterocycles. The van der Waals surface area contributed by atoms with Crippen molar-refractivity contribution in [2.24, 2.45) is 7.05 Å². The quantitative estimate of drug-likeness (QED) is 0.754. The van der Waals surface area contributed by atoms with E-state index in [9.17, 15) is 5.11 Å². The van der Waals surface area contributed by atoms with Crippen LogP contribution in [0.15, 0.2) is 34.9 Å². The van der Waals surface area contributed by atoms with Crippen LogP contribution >= 0.6 is 11.6 Å². The summed E-state index contributed by atoms with van der Waals surface area (Å²) in [7, 11) is 1.71. The second-order valence-corrected chi connectivity index (χ2v) is 4.78. The van der Waals surface area contributed by atoms with E-state index in [1.807, 2.05) is 0 Å². The summed E-state index contributed by atoms with van der Waals surface area (Å²) >= 11 is 5.92. The lowest BCUT2D eigenvalue weighted by molar-refractivity contribution is 0.193. The van der Waals surface area contributed by atoms with Crippen LogP contribution in [-0.4, -0.2) is 14.9 Å². The van der Waals surface area contributed by atoms with Gasteiger partial charge in [0.1, 0.15) is 23.3 Å². The Balaban J connectivity index is 2.06. The van der Waals surface area contributed by atoms with E-state index in [0.717, 1.165) is 5.39 Å². The van der Waals surface area contributed by atoms with Gasteiger partial charge in [-0.25, -0.2) is 0 Å². The van der Waals surface area contributed by atoms with Gasteiger partial charge in [0.15, 0.2) is 0 Å². The number of aromatic nitrogens is 2. The molecule has 3 aromatic rings. The van der Waals surface area contributed by atoms with Crippen LogP contribution in [0, 0.1) is 0 Å². The first-order valence-corrected chi connectivity index (χ1v) is 6.08. The molecular formula is C13H12ClN3O2. The predicted octanol–water partition coefficient (Wildman–Crippen LogP) is 2.48. The number of aliphatic hydroxyl groups excluding tert-OH is 1. The number of nitrogens with zero attached hydrogens (tertiary/aromatic N) is 2. The Kier molecular flexibility index (Phi) is 2.73. The third-order valence-corrected chi connectivity index (χ3v) is 3.31. The van der Waals surface area contributed by atoms with E-state index in [2.05, 4.69) is 5.10 Å². The molecule has 6 heteroatoms. The average molecular weight is 278 g/mol. The van der Waals surface area contributed by atoms with E-state index in [0.29, 0.717) is 27.7 Å². The van der Waals surface area contributed by atoms with Gasteiger partial charge in [0, 0.05) is 17.5 Å². The molecule has 1 aromatic carbocycles. The fraction of sp³-hybridized carbons (Fsp3) is 0.154. The van der Waals surface area contributed by atoms with Crippen molar-refractivity contribution in [3.63, 3.8) is 0 Å². The number of nitrogens with two attached hydrogens (primary N) is 1. The standard InChI is InChI=1S/C13H12ClN3O2/c1-17-13(15)9(6-16-17)12(18)11-5-7-4-8(14)2-3-10(7)19-11/h2-6,12,18H,15H2,1H3. The lowest BCUT2D eigenvalue weighted by atomic mass is 10.1. The predicted molar refractivity (Wildman–Crippen MR) is 72.9 cm³/mol. The summed E-state index contributed by atoms with van der Waals surface area (Å²) in [6, 6.07) is 7.03. The Labute approximate surface area is 114 Å². The van der Waals surface area contributed by atoms with Crippen molar-refractivity contribution in [2.75, 3.05) is 5.73 Å². The molecule has 5 nitrogen and oxygen atoms in total. The van der Waals surface area contributed by atoms with Crippen LogP contribution in [0.25, 0.3) is 11.0 Å². The minimum atomic E-state index is -0.945. The Morgan fingerprint density at radius 3 is 2.89 bits per heavy atom. The number of fused-ring (bicyclic) bond motifs is 1. The van der Waals surface area contributed by atoms with Gasteiger partial charge >= 0.3 is 0 Å². The SMILES string of the molecule is Cn1ncc(C(O)c2cc3cc(Cl)ccc3o2)c1N. The van der Waals surface area contributed by atoms with E-state index in [4.69, 9.17) is 21.8 Å². The van der Waals surface area contributed by atoms with Crippen LogP contribution in [0.4, 0.5) is 5.82 Å². The lowest BCUT2D eigenvalue weighted by Crippen LogP contribution is -2.04. The number of halogens is 1. The molecule has 0 saturated carbocycles. The number of anilines is 1. The highest BCUT2D eigenvalue weighted by Gasteiger charge is 2.20. The summed E-state index contributed by atoms with van der Waals surface area (Å²) in [5.74, 6) is 0.822. The first kappa shape index (κ1) is 12.1. The Morgan fingerprint density at radius 1 is 1.42 bits per heavy atom. The van der Waals surface area contributed by atoms with Gasteiger partial charge < -0.3 is 15.3 Å². The van der Waals surface area contributed by atoms with Crippen molar-refractivity contribution in [2.45, 2.75) is 6.10 Å². The molecule has 0 radical (unpaired) electrons. The molecule has 0 aliphatic carbocycles. The zero-order chi connectivity index (χ0) is 13.6. The van der Waals surface area contributed by atoms with Crippen molar-refractivity contribution in [3.8, 4) is 0 Å². The van der Waals surface area contributed by atoms with E-state index in [1.165, 1.54) is 10.9 Å². The molecule has 3 rings (SSSR count). The number of benzene rings is 1. The fourth-order valence-corrected chi connectivity index (χ4v) is 2.18. The smallest absolute Gasteiger partial charge is 0.142 e. The molecule has 0 aliphatic heterocycles. The minimum absolute atomic E-state index is 0.408. The second-order valence-electron chi connectivity index (χ2n) is 4.34. The van der Waals surface area contributed by atoms with Crippen molar-refractivity contribution >= 4 is 28.4 Å². The van der Waals surface area contributed by atoms with Crippen molar-refractivity contribution in [1.82, 2.24) is 9.78 Å². The largest absolute Gasteiger partial charge is 0.458 e. The molecule has 1 atom stereocenters. The molecule has 2 heterocycles. The highest BCUT2D eigenvalue weighted by Crippen LogP contribution is 2.31. The zero-order valence-corrected chi connectivity index (χ0v) is 10.9. The molecule has 1 unspecified atom stereocenters. The number of aliphatic hydroxyl groups is 1. The molecule has 0 bridgehead atoms. The number of hydrogen-bond donors (Lipinski definition) is 2. The minimum Gasteiger partial charge on any atom is -0.458 e. The van der Waals surface area contributed by atoms with Crippen LogP contribution in [0.3, 0.4) is 0 Å². The highest BCUT2D eigenvalue weighted by atomic mass is 35.5. The maximum absolute atomic E-state index is 10.3. The number of nitrogen functional groups attached to an aromatic ring is 1. The van der Waals surface area contributed by atoms with E-state index in [-0.39, 0.29) is 0 Å². The number of furan rings is 1. The molecule has 0 spiro atoms. The molecule has 3 N–H and O–H groups in total. The van der Waals surface area contributed by atoms with Crippen LogP contribution < -0.4 is 5.73 Å². The Morgan fingerprint density at radius 2 is 2.21 bits per heavy atom. The summed E-state index contributed by atoms with van der Waals surface area (Å²) in [5, 5.41) is 15.8. The van der Waals surface area contributed by atoms with Gasteiger partial charge in [-0.2, -0.15) is 5.10 Å². The summed E-state index contributed by atoms with van der Waals surface area (Å²) in [6.07, 6.45) is 0.583. The van der Waals surface area contributed by atoms with Gasteiger partial charge in [0.05, 0.1) is 11.8 Å². The van der Waals surface area contributed by atoms with Crippen LogP contribution in [0.2, 0.25) is 5.02 Å². The molecular weight excluding hydrogens is 266 g/mol. The van der Waals surface area contributed by atoms with Crippen LogP contribution in [0.1, 0.15) is 17.4 Å². The monoisotopic (exact) mass is 277 g/mol. The maximum atomic E-state index is 10.3. The molecule has 2 aromatic heterocycles. The van der Waals surface area contributed by atoms with Gasteiger partial charge in [-0.05, 0) is 24.3 Å². The Bertz CT molecular complexity index is 748. The second kappa shape index (κ2) is 4.29. The molecule has 0 amide bonds. The van der Waals surface area contributed by atoms with Crippen molar-refractivity contribution in [1.29, 1.82) is 0 Å². The number of rotatable bonds is 2. The summed E-state index contributed by atoms with van der Waals surface area (Å²) < 4.78 is 7.10. The van der Waals surface area contributed by atoms with E-state index >= 15 is 0 Å². The van der Waals surface area contributed by atoms with Gasteiger partial charge in [-0.15, -0.1) is 0 Å². The number of hydrogen-bond acceptors (Lipinski definition) is 4. The first-order chi connectivity index (χ1) is 9.06. The fourth-order valence-electron chi connectivity index (χ4n) is 2.00. The molecule has 98 valence electrons. The van der Waals surface area contributed by atoms with Crippen LogP contribution in [0.5, 0.6) is 0 Å². The van der Waals surface area contributed by atoms with Crippen molar-refractivity contribution < 1.29 is 9.52 Å². The van der Waals surface area contributed by atoms with Gasteiger partial charge in [0.25, 0.3) is 0 Å². The summed E-state index contributed by atoms with van der Waals surface area (Å²) in [6.45, 7) is 0. The highest BCUT2D eigenvalue weighted by molar-refractivity contribution is 6.31. The third kappa shape index (κ3) is 1.97. The van der Waals surface area contributed by atoms with Crippen molar-refractivity contribution in [3.05, 3.63) is 46.8 Å². The van der Waals surface area contributed by atoms with E-state index in [1.54, 1.807) is 31.3 Å². The maximum Gasteiger partial charge on any atom is 0.142 e. The first-order valence-electron chi connectivity index (χ1n) is 5.70. The van der Waals surface area contributed by atoms with Gasteiger partial charge in [0.2, 0.25) is 0 Å². The normalized spacial score (nSPS) is 13.0. The van der Waals surface area contributed by atoms with Gasteiger partial charge in [-0.1, -0.05) is 11.6 Å². The Hall–Kier alpha value is -1.98. The summed E-state index contributed by atoms with van der Waals surface area (Å²) in [4.78, 5) is 0. The number of aryl methyl sites for hydroxylation is 1. The van der Waals surface area contributed by atoms with Gasteiger partial charge in [-0.3, -0.25) is 4.68 Å². The topological polar surface area (TPSA) is 77.2 Å². The molecule has 19 heavy (non-hydrogen) atoms. The summed E-state index contributed by atoms with van der Waals surface area (Å²) in [5.41, 5.74) is 7.03.